The van der Waals surface area contributed by atoms with Crippen molar-refractivity contribution in [3.05, 3.63) is 11.6 Å². The molecule has 0 saturated heterocycles. The third kappa shape index (κ3) is 3.59. The Balaban J connectivity index is 0.00000112. The van der Waals surface area contributed by atoms with E-state index in [4.69, 9.17) is 0 Å². The Hall–Kier alpha value is -0.360. The molecule has 1 N–H and O–H groups in total. The van der Waals surface area contributed by atoms with Crippen molar-refractivity contribution < 1.29 is 0 Å². The Kier molecular flexibility index (Phi) is 6.90. The van der Waals surface area contributed by atoms with Crippen molar-refractivity contribution in [2.24, 2.45) is 0 Å². The van der Waals surface area contributed by atoms with E-state index >= 15 is 0 Å². The van der Waals surface area contributed by atoms with Crippen molar-refractivity contribution in [3.8, 4) is 0 Å². The van der Waals surface area contributed by atoms with Crippen molar-refractivity contribution in [1.82, 2.24) is 25.0 Å². The zero-order chi connectivity index (χ0) is 9.97. The fraction of sp³-hybridized carbons (Fsp3) is 0.778. The van der Waals surface area contributed by atoms with Crippen molar-refractivity contribution in [3.63, 3.8) is 0 Å². The van der Waals surface area contributed by atoms with Crippen LogP contribution in [0.5, 0.6) is 0 Å². The molecule has 0 amide bonds. The fourth-order valence-corrected chi connectivity index (χ4v) is 1.72. The topological polar surface area (TPSA) is 46.0 Å². The molecule has 0 saturated carbocycles. The van der Waals surface area contributed by atoms with Crippen LogP contribution in [0, 0.1) is 0 Å². The molecule has 0 aromatic carbocycles. The Bertz CT molecular complexity index is 313. The fourth-order valence-electron chi connectivity index (χ4n) is 1.72. The number of halogens is 2. The Morgan fingerprint density at radius 2 is 2.06 bits per heavy atom. The maximum absolute atomic E-state index is 4.21. The van der Waals surface area contributed by atoms with E-state index in [1.807, 2.05) is 0 Å². The number of hydrogen-bond donors (Lipinski definition) is 1. The molecule has 1 aromatic rings. The van der Waals surface area contributed by atoms with Crippen LogP contribution in [0.1, 0.15) is 18.1 Å². The number of hydrogen-bond acceptors (Lipinski definition) is 4. The molecule has 94 valence electrons. The zero-order valence-corrected chi connectivity index (χ0v) is 11.3. The Labute approximate surface area is 108 Å². The molecule has 0 fully saturated rings. The van der Waals surface area contributed by atoms with Gasteiger partial charge in [0.15, 0.2) is 0 Å². The largest absolute Gasteiger partial charge is 0.313 e. The third-order valence-electron chi connectivity index (χ3n) is 2.38. The molecule has 1 aromatic heterocycles. The normalized spacial score (nSPS) is 14.7. The van der Waals surface area contributed by atoms with Crippen LogP contribution in [0.15, 0.2) is 0 Å². The summed E-state index contributed by atoms with van der Waals surface area (Å²) in [5.41, 5.74) is 0. The minimum absolute atomic E-state index is 0. The number of aromatic nitrogens is 3. The van der Waals surface area contributed by atoms with Gasteiger partial charge in [-0.05, 0) is 27.1 Å². The van der Waals surface area contributed by atoms with Gasteiger partial charge in [-0.3, -0.25) is 0 Å². The van der Waals surface area contributed by atoms with Crippen LogP contribution in [-0.2, 0) is 19.6 Å². The van der Waals surface area contributed by atoms with Gasteiger partial charge < -0.3 is 14.8 Å². The summed E-state index contributed by atoms with van der Waals surface area (Å²) >= 11 is 0. The SMILES string of the molecule is CN(C)Cc1nnc2n1CCCNC2.Cl.Cl. The van der Waals surface area contributed by atoms with Gasteiger partial charge in [-0.25, -0.2) is 0 Å². The van der Waals surface area contributed by atoms with Gasteiger partial charge in [-0.15, -0.1) is 35.0 Å². The van der Waals surface area contributed by atoms with E-state index in [9.17, 15) is 0 Å². The second kappa shape index (κ2) is 7.06. The van der Waals surface area contributed by atoms with Crippen LogP contribution in [0.3, 0.4) is 0 Å². The molecule has 0 aliphatic carbocycles. The molecule has 0 radical (unpaired) electrons. The van der Waals surface area contributed by atoms with E-state index in [2.05, 4.69) is 39.1 Å². The maximum atomic E-state index is 4.21. The molecular formula is C9H19Cl2N5. The van der Waals surface area contributed by atoms with E-state index in [0.717, 1.165) is 44.2 Å². The van der Waals surface area contributed by atoms with Crippen LogP contribution < -0.4 is 5.32 Å². The highest BCUT2D eigenvalue weighted by atomic mass is 35.5. The second-order valence-electron chi connectivity index (χ2n) is 3.95. The van der Waals surface area contributed by atoms with Crippen LogP contribution >= 0.6 is 24.8 Å². The van der Waals surface area contributed by atoms with Gasteiger partial charge in [0.2, 0.25) is 0 Å². The lowest BCUT2D eigenvalue weighted by molar-refractivity contribution is 0.379. The van der Waals surface area contributed by atoms with Crippen molar-refractivity contribution in [2.45, 2.75) is 26.1 Å². The predicted molar refractivity (Wildman–Crippen MR) is 68.2 cm³/mol. The lowest BCUT2D eigenvalue weighted by Crippen LogP contribution is -2.16. The molecule has 0 atom stereocenters. The highest BCUT2D eigenvalue weighted by Crippen LogP contribution is 2.07. The molecule has 7 heteroatoms. The number of nitrogens with one attached hydrogen (secondary N) is 1. The summed E-state index contributed by atoms with van der Waals surface area (Å²) in [6.07, 6.45) is 1.16. The van der Waals surface area contributed by atoms with Gasteiger partial charge in [0, 0.05) is 6.54 Å². The smallest absolute Gasteiger partial charge is 0.147 e. The number of fused-ring (bicyclic) bond motifs is 1. The minimum Gasteiger partial charge on any atom is -0.313 e. The van der Waals surface area contributed by atoms with Crippen LogP contribution in [-0.4, -0.2) is 40.3 Å². The summed E-state index contributed by atoms with van der Waals surface area (Å²) in [5, 5.41) is 11.7. The Morgan fingerprint density at radius 1 is 1.31 bits per heavy atom. The van der Waals surface area contributed by atoms with Gasteiger partial charge in [0.05, 0.1) is 13.1 Å². The monoisotopic (exact) mass is 267 g/mol. The van der Waals surface area contributed by atoms with Crippen molar-refractivity contribution in [2.75, 3.05) is 20.6 Å². The average molecular weight is 268 g/mol. The molecular weight excluding hydrogens is 249 g/mol. The molecule has 1 aliphatic heterocycles. The first-order valence-electron chi connectivity index (χ1n) is 5.04. The van der Waals surface area contributed by atoms with Crippen molar-refractivity contribution >= 4 is 24.8 Å². The first-order chi connectivity index (χ1) is 6.77. The first-order valence-corrected chi connectivity index (χ1v) is 5.04. The zero-order valence-electron chi connectivity index (χ0n) is 9.64. The quantitative estimate of drug-likeness (QED) is 0.856. The summed E-state index contributed by atoms with van der Waals surface area (Å²) < 4.78 is 2.24. The molecule has 0 bridgehead atoms. The van der Waals surface area contributed by atoms with E-state index in [1.165, 1.54) is 0 Å². The molecule has 5 nitrogen and oxygen atoms in total. The highest BCUT2D eigenvalue weighted by molar-refractivity contribution is 5.85. The molecule has 0 unspecified atom stereocenters. The maximum Gasteiger partial charge on any atom is 0.147 e. The summed E-state index contributed by atoms with van der Waals surface area (Å²) in [5.74, 6) is 2.15. The van der Waals surface area contributed by atoms with Gasteiger partial charge in [-0.1, -0.05) is 0 Å². The van der Waals surface area contributed by atoms with Crippen LogP contribution in [0.4, 0.5) is 0 Å². The lowest BCUT2D eigenvalue weighted by atomic mass is 10.4. The molecule has 1 aliphatic rings. The summed E-state index contributed by atoms with van der Waals surface area (Å²) in [6, 6.07) is 0. The minimum atomic E-state index is 0. The summed E-state index contributed by atoms with van der Waals surface area (Å²) in [7, 11) is 4.10. The molecule has 2 rings (SSSR count). The predicted octanol–water partition coefficient (Wildman–Crippen LogP) is 0.677. The number of rotatable bonds is 2. The van der Waals surface area contributed by atoms with E-state index in [0.29, 0.717) is 0 Å². The van der Waals surface area contributed by atoms with Gasteiger partial charge >= 0.3 is 0 Å². The van der Waals surface area contributed by atoms with Gasteiger partial charge in [-0.2, -0.15) is 0 Å². The van der Waals surface area contributed by atoms with E-state index < -0.39 is 0 Å². The average Bonchev–Trinajstić information content (AvgIpc) is 2.37. The standard InChI is InChI=1S/C9H17N5.2ClH/c1-13(2)7-9-12-11-8-6-10-4-3-5-14(8)9;;/h10H,3-7H2,1-2H3;2*1H. The molecule has 16 heavy (non-hydrogen) atoms. The molecule has 2 heterocycles. The van der Waals surface area contributed by atoms with Crippen LogP contribution in [0.25, 0.3) is 0 Å². The summed E-state index contributed by atoms with van der Waals surface area (Å²) in [6.45, 7) is 3.83. The third-order valence-corrected chi connectivity index (χ3v) is 2.38. The highest BCUT2D eigenvalue weighted by Gasteiger charge is 2.14. The van der Waals surface area contributed by atoms with E-state index in [-0.39, 0.29) is 24.8 Å². The van der Waals surface area contributed by atoms with Crippen molar-refractivity contribution in [1.29, 1.82) is 0 Å². The Morgan fingerprint density at radius 3 is 2.75 bits per heavy atom. The molecule has 0 spiro atoms. The van der Waals surface area contributed by atoms with E-state index in [1.54, 1.807) is 0 Å². The lowest BCUT2D eigenvalue weighted by Gasteiger charge is -2.10. The second-order valence-corrected chi connectivity index (χ2v) is 3.95. The van der Waals surface area contributed by atoms with Crippen LogP contribution in [0.2, 0.25) is 0 Å². The van der Waals surface area contributed by atoms with Gasteiger partial charge in [0.1, 0.15) is 11.6 Å². The summed E-state index contributed by atoms with van der Waals surface area (Å²) in [4.78, 5) is 2.12. The number of nitrogens with zero attached hydrogens (tertiary/aromatic N) is 4. The first kappa shape index (κ1) is 15.6. The van der Waals surface area contributed by atoms with Gasteiger partial charge in [0.25, 0.3) is 0 Å².